The summed E-state index contributed by atoms with van der Waals surface area (Å²) in [5, 5.41) is 3.37. The molecule has 0 radical (unpaired) electrons. The van der Waals surface area contributed by atoms with Gasteiger partial charge in [0.05, 0.1) is 12.8 Å². The van der Waals surface area contributed by atoms with Gasteiger partial charge in [0, 0.05) is 0 Å². The Bertz CT molecular complexity index is 265. The van der Waals surface area contributed by atoms with Crippen molar-refractivity contribution in [3.8, 4) is 0 Å². The molecule has 1 heterocycles. The van der Waals surface area contributed by atoms with E-state index in [4.69, 9.17) is 10.3 Å². The molecular weight excluding hydrogens is 154 g/mol. The standard InChI is InChI=1S/C8H13N3O/c1-11(2)6-8-4-3-7(12-8)5-10-9/h3-5H,6,9H2,1-2H3. The smallest absolute Gasteiger partial charge is 0.147 e. The zero-order chi connectivity index (χ0) is 8.97. The summed E-state index contributed by atoms with van der Waals surface area (Å²) in [6, 6.07) is 3.76. The third-order valence-corrected chi connectivity index (χ3v) is 1.36. The van der Waals surface area contributed by atoms with E-state index in [0.717, 1.165) is 12.3 Å². The average Bonchev–Trinajstić information content (AvgIpc) is 2.36. The molecule has 0 aliphatic carbocycles. The Morgan fingerprint density at radius 3 is 2.92 bits per heavy atom. The first-order chi connectivity index (χ1) is 5.72. The molecule has 66 valence electrons. The van der Waals surface area contributed by atoms with Crippen molar-refractivity contribution in [3.05, 3.63) is 23.7 Å². The molecule has 0 bridgehead atoms. The SMILES string of the molecule is CN(C)Cc1ccc(C=NN)o1. The van der Waals surface area contributed by atoms with E-state index < -0.39 is 0 Å². The molecule has 4 heteroatoms. The fraction of sp³-hybridized carbons (Fsp3) is 0.375. The van der Waals surface area contributed by atoms with Gasteiger partial charge in [-0.1, -0.05) is 0 Å². The van der Waals surface area contributed by atoms with Crippen molar-refractivity contribution in [3.63, 3.8) is 0 Å². The fourth-order valence-electron chi connectivity index (χ4n) is 0.934. The lowest BCUT2D eigenvalue weighted by Crippen LogP contribution is -2.09. The Hall–Kier alpha value is -1.29. The number of nitrogens with zero attached hydrogens (tertiary/aromatic N) is 2. The van der Waals surface area contributed by atoms with Gasteiger partial charge in [-0.3, -0.25) is 0 Å². The molecule has 2 N–H and O–H groups in total. The number of hydrazone groups is 1. The minimum Gasteiger partial charge on any atom is -0.459 e. The lowest BCUT2D eigenvalue weighted by atomic mass is 10.4. The van der Waals surface area contributed by atoms with Crippen LogP contribution in [-0.4, -0.2) is 25.2 Å². The van der Waals surface area contributed by atoms with Gasteiger partial charge in [-0.25, -0.2) is 0 Å². The fourth-order valence-corrected chi connectivity index (χ4v) is 0.934. The normalized spacial score (nSPS) is 11.6. The van der Waals surface area contributed by atoms with Gasteiger partial charge in [-0.2, -0.15) is 5.10 Å². The van der Waals surface area contributed by atoms with Crippen LogP contribution in [0.5, 0.6) is 0 Å². The second-order valence-corrected chi connectivity index (χ2v) is 2.82. The molecule has 0 spiro atoms. The number of furan rings is 1. The first-order valence-electron chi connectivity index (χ1n) is 3.69. The van der Waals surface area contributed by atoms with Gasteiger partial charge in [-0.15, -0.1) is 0 Å². The molecule has 0 aliphatic heterocycles. The quantitative estimate of drug-likeness (QED) is 0.408. The molecule has 0 fully saturated rings. The Kier molecular flexibility index (Phi) is 2.88. The van der Waals surface area contributed by atoms with Crippen molar-refractivity contribution in [1.29, 1.82) is 0 Å². The van der Waals surface area contributed by atoms with E-state index in [-0.39, 0.29) is 0 Å². The van der Waals surface area contributed by atoms with Crippen molar-refractivity contribution in [2.45, 2.75) is 6.54 Å². The molecule has 1 aromatic rings. The maximum absolute atomic E-state index is 5.36. The summed E-state index contributed by atoms with van der Waals surface area (Å²) >= 11 is 0. The minimum absolute atomic E-state index is 0.689. The highest BCUT2D eigenvalue weighted by Crippen LogP contribution is 2.06. The number of rotatable bonds is 3. The van der Waals surface area contributed by atoms with E-state index in [0.29, 0.717) is 5.76 Å². The first kappa shape index (κ1) is 8.80. The first-order valence-corrected chi connectivity index (χ1v) is 3.69. The van der Waals surface area contributed by atoms with Crippen LogP contribution in [0.3, 0.4) is 0 Å². The molecule has 0 saturated heterocycles. The third kappa shape index (κ3) is 2.39. The highest BCUT2D eigenvalue weighted by Gasteiger charge is 2.00. The summed E-state index contributed by atoms with van der Waals surface area (Å²) in [6.45, 7) is 0.790. The van der Waals surface area contributed by atoms with Crippen molar-refractivity contribution in [2.75, 3.05) is 14.1 Å². The maximum atomic E-state index is 5.36. The summed E-state index contributed by atoms with van der Waals surface area (Å²) in [7, 11) is 3.97. The molecule has 1 aromatic heterocycles. The summed E-state index contributed by atoms with van der Waals surface area (Å²) in [4.78, 5) is 2.03. The van der Waals surface area contributed by atoms with E-state index in [1.54, 1.807) is 0 Å². The van der Waals surface area contributed by atoms with Gasteiger partial charge >= 0.3 is 0 Å². The minimum atomic E-state index is 0.689. The Labute approximate surface area is 71.7 Å². The molecule has 0 aliphatic rings. The summed E-state index contributed by atoms with van der Waals surface area (Å²) < 4.78 is 5.36. The van der Waals surface area contributed by atoms with Gasteiger partial charge in [0.15, 0.2) is 0 Å². The molecule has 0 unspecified atom stereocenters. The highest BCUT2D eigenvalue weighted by molar-refractivity contribution is 5.75. The van der Waals surface area contributed by atoms with Gasteiger partial charge in [-0.05, 0) is 26.2 Å². The largest absolute Gasteiger partial charge is 0.459 e. The van der Waals surface area contributed by atoms with Crippen LogP contribution in [-0.2, 0) is 6.54 Å². The summed E-state index contributed by atoms with van der Waals surface area (Å²) in [6.07, 6.45) is 1.49. The second-order valence-electron chi connectivity index (χ2n) is 2.82. The second kappa shape index (κ2) is 3.92. The molecule has 1 rings (SSSR count). The van der Waals surface area contributed by atoms with Crippen molar-refractivity contribution < 1.29 is 4.42 Å². The zero-order valence-electron chi connectivity index (χ0n) is 7.32. The van der Waals surface area contributed by atoms with Crippen molar-refractivity contribution >= 4 is 6.21 Å². The lowest BCUT2D eigenvalue weighted by Gasteiger charge is -2.05. The van der Waals surface area contributed by atoms with Gasteiger partial charge in [0.25, 0.3) is 0 Å². The van der Waals surface area contributed by atoms with Crippen molar-refractivity contribution in [1.82, 2.24) is 4.90 Å². The van der Waals surface area contributed by atoms with E-state index in [9.17, 15) is 0 Å². The van der Waals surface area contributed by atoms with E-state index in [1.165, 1.54) is 6.21 Å². The van der Waals surface area contributed by atoms with E-state index in [2.05, 4.69) is 5.10 Å². The average molecular weight is 167 g/mol. The molecule has 0 aromatic carbocycles. The van der Waals surface area contributed by atoms with Crippen LogP contribution < -0.4 is 5.84 Å². The Balaban J connectivity index is 2.64. The molecule has 0 saturated carbocycles. The Morgan fingerprint density at radius 2 is 2.33 bits per heavy atom. The van der Waals surface area contributed by atoms with Crippen LogP contribution in [0.1, 0.15) is 11.5 Å². The zero-order valence-corrected chi connectivity index (χ0v) is 7.32. The van der Waals surface area contributed by atoms with Crippen LogP contribution in [0.25, 0.3) is 0 Å². The predicted octanol–water partition coefficient (Wildman–Crippen LogP) is 0.634. The summed E-state index contributed by atoms with van der Waals surface area (Å²) in [5.74, 6) is 6.57. The summed E-state index contributed by atoms with van der Waals surface area (Å²) in [5.41, 5.74) is 0. The van der Waals surface area contributed by atoms with Crippen LogP contribution in [0.2, 0.25) is 0 Å². The number of hydrogen-bond acceptors (Lipinski definition) is 4. The lowest BCUT2D eigenvalue weighted by molar-refractivity contribution is 0.349. The molecular formula is C8H13N3O. The number of hydrogen-bond donors (Lipinski definition) is 1. The van der Waals surface area contributed by atoms with E-state index in [1.807, 2.05) is 31.1 Å². The van der Waals surface area contributed by atoms with Crippen LogP contribution >= 0.6 is 0 Å². The van der Waals surface area contributed by atoms with Crippen LogP contribution in [0, 0.1) is 0 Å². The van der Waals surface area contributed by atoms with E-state index >= 15 is 0 Å². The van der Waals surface area contributed by atoms with Gasteiger partial charge < -0.3 is 15.2 Å². The molecule has 0 amide bonds. The predicted molar refractivity (Wildman–Crippen MR) is 47.9 cm³/mol. The van der Waals surface area contributed by atoms with Gasteiger partial charge in [0.1, 0.15) is 11.5 Å². The van der Waals surface area contributed by atoms with Gasteiger partial charge in [0.2, 0.25) is 0 Å². The topological polar surface area (TPSA) is 54.8 Å². The molecule has 4 nitrogen and oxygen atoms in total. The monoisotopic (exact) mass is 167 g/mol. The maximum Gasteiger partial charge on any atom is 0.147 e. The van der Waals surface area contributed by atoms with Crippen LogP contribution in [0.15, 0.2) is 21.7 Å². The van der Waals surface area contributed by atoms with Crippen molar-refractivity contribution in [2.24, 2.45) is 10.9 Å². The third-order valence-electron chi connectivity index (χ3n) is 1.36. The highest BCUT2D eigenvalue weighted by atomic mass is 16.3. The number of nitrogens with two attached hydrogens (primary N) is 1. The van der Waals surface area contributed by atoms with Crippen LogP contribution in [0.4, 0.5) is 0 Å². The molecule has 0 atom stereocenters. The molecule has 12 heavy (non-hydrogen) atoms. The Morgan fingerprint density at radius 1 is 1.58 bits per heavy atom.